The summed E-state index contributed by atoms with van der Waals surface area (Å²) in [6.07, 6.45) is 1.37. The molecule has 0 saturated heterocycles. The molecule has 1 aromatic heterocycles. The van der Waals surface area contributed by atoms with Gasteiger partial charge in [-0.1, -0.05) is 15.9 Å². The van der Waals surface area contributed by atoms with Gasteiger partial charge in [-0.2, -0.15) is 5.10 Å². The Hall–Kier alpha value is -2.16. The standard InChI is InChI=1S/C17H22BrFN4O3/c1-17(2,3)26-16(25)21(4)8-5-9-23-15(24)22(11-20-23)14-7-6-12(18)10-13(14)19/h6-7,10-11H,5,8-9H2,1-4H3. The van der Waals surface area contributed by atoms with E-state index in [0.717, 1.165) is 4.57 Å². The lowest BCUT2D eigenvalue weighted by molar-refractivity contribution is 0.0295. The van der Waals surface area contributed by atoms with Crippen LogP contribution in [0, 0.1) is 5.82 Å². The first-order valence-electron chi connectivity index (χ1n) is 8.12. The third kappa shape index (κ3) is 5.17. The highest BCUT2D eigenvalue weighted by atomic mass is 79.9. The zero-order chi connectivity index (χ0) is 19.5. The number of nitrogens with zero attached hydrogens (tertiary/aromatic N) is 4. The van der Waals surface area contributed by atoms with E-state index in [0.29, 0.717) is 24.0 Å². The van der Waals surface area contributed by atoms with Crippen molar-refractivity contribution in [2.75, 3.05) is 13.6 Å². The molecular formula is C17H22BrFN4O3. The molecule has 0 aliphatic heterocycles. The fourth-order valence-electron chi connectivity index (χ4n) is 2.22. The lowest BCUT2D eigenvalue weighted by atomic mass is 10.2. The Morgan fingerprint density at radius 3 is 2.69 bits per heavy atom. The van der Waals surface area contributed by atoms with Crippen LogP contribution in [-0.4, -0.2) is 44.5 Å². The molecule has 1 heterocycles. The number of benzene rings is 1. The number of carbonyl (C=O) groups is 1. The molecule has 2 rings (SSSR count). The summed E-state index contributed by atoms with van der Waals surface area (Å²) in [5.41, 5.74) is -0.864. The predicted molar refractivity (Wildman–Crippen MR) is 99.0 cm³/mol. The van der Waals surface area contributed by atoms with Crippen LogP contribution >= 0.6 is 15.9 Å². The molecule has 142 valence electrons. The third-order valence-corrected chi connectivity index (χ3v) is 3.96. The minimum atomic E-state index is -0.560. The van der Waals surface area contributed by atoms with Gasteiger partial charge in [0.05, 0.1) is 5.69 Å². The maximum Gasteiger partial charge on any atom is 0.410 e. The number of hydrogen-bond acceptors (Lipinski definition) is 4. The summed E-state index contributed by atoms with van der Waals surface area (Å²) in [6, 6.07) is 4.44. The number of carbonyl (C=O) groups excluding carboxylic acids is 1. The number of aromatic nitrogens is 3. The average molecular weight is 429 g/mol. The number of hydrogen-bond donors (Lipinski definition) is 0. The van der Waals surface area contributed by atoms with Crippen molar-refractivity contribution < 1.29 is 13.9 Å². The van der Waals surface area contributed by atoms with E-state index in [4.69, 9.17) is 4.74 Å². The molecular weight excluding hydrogens is 407 g/mol. The van der Waals surface area contributed by atoms with Crippen molar-refractivity contribution in [3.8, 4) is 5.69 Å². The van der Waals surface area contributed by atoms with E-state index in [9.17, 15) is 14.0 Å². The number of aryl methyl sites for hydroxylation is 1. The van der Waals surface area contributed by atoms with Crippen molar-refractivity contribution in [2.24, 2.45) is 0 Å². The van der Waals surface area contributed by atoms with Crippen LogP contribution in [0.15, 0.2) is 33.8 Å². The van der Waals surface area contributed by atoms with Gasteiger partial charge in [0, 0.05) is 24.6 Å². The van der Waals surface area contributed by atoms with Crippen LogP contribution in [0.5, 0.6) is 0 Å². The van der Waals surface area contributed by atoms with Crippen LogP contribution < -0.4 is 5.69 Å². The Kier molecular flexibility index (Phi) is 6.22. The van der Waals surface area contributed by atoms with Gasteiger partial charge in [0.15, 0.2) is 0 Å². The van der Waals surface area contributed by atoms with E-state index in [1.54, 1.807) is 33.9 Å². The van der Waals surface area contributed by atoms with Crippen LogP contribution in [-0.2, 0) is 11.3 Å². The highest BCUT2D eigenvalue weighted by Crippen LogP contribution is 2.17. The van der Waals surface area contributed by atoms with Crippen molar-refractivity contribution in [3.63, 3.8) is 0 Å². The molecule has 0 saturated carbocycles. The van der Waals surface area contributed by atoms with Crippen LogP contribution in [0.2, 0.25) is 0 Å². The van der Waals surface area contributed by atoms with Crippen LogP contribution in [0.25, 0.3) is 5.69 Å². The summed E-state index contributed by atoms with van der Waals surface area (Å²) in [5.74, 6) is -0.523. The minimum Gasteiger partial charge on any atom is -0.444 e. The van der Waals surface area contributed by atoms with Gasteiger partial charge in [-0.15, -0.1) is 0 Å². The number of halogens is 2. The van der Waals surface area contributed by atoms with Crippen LogP contribution in [0.1, 0.15) is 27.2 Å². The van der Waals surface area contributed by atoms with Gasteiger partial charge in [-0.3, -0.25) is 0 Å². The maximum absolute atomic E-state index is 14.0. The minimum absolute atomic E-state index is 0.135. The lowest BCUT2D eigenvalue weighted by Crippen LogP contribution is -2.35. The predicted octanol–water partition coefficient (Wildman–Crippen LogP) is 3.19. The summed E-state index contributed by atoms with van der Waals surface area (Å²) in [5, 5.41) is 4.01. The topological polar surface area (TPSA) is 69.4 Å². The Morgan fingerprint density at radius 2 is 2.08 bits per heavy atom. The van der Waals surface area contributed by atoms with Gasteiger partial charge < -0.3 is 9.64 Å². The molecule has 2 aromatic rings. The van der Waals surface area contributed by atoms with E-state index >= 15 is 0 Å². The zero-order valence-electron chi connectivity index (χ0n) is 15.2. The molecule has 0 aliphatic carbocycles. The quantitative estimate of drug-likeness (QED) is 0.732. The lowest BCUT2D eigenvalue weighted by Gasteiger charge is -2.24. The van der Waals surface area contributed by atoms with Crippen molar-refractivity contribution >= 4 is 22.0 Å². The van der Waals surface area contributed by atoms with Crippen LogP contribution in [0.3, 0.4) is 0 Å². The highest BCUT2D eigenvalue weighted by molar-refractivity contribution is 9.10. The van der Waals surface area contributed by atoms with Gasteiger partial charge >= 0.3 is 11.8 Å². The second-order valence-electron chi connectivity index (χ2n) is 6.86. The second-order valence-corrected chi connectivity index (χ2v) is 7.77. The van der Waals surface area contributed by atoms with Crippen molar-refractivity contribution in [1.82, 2.24) is 19.2 Å². The van der Waals surface area contributed by atoms with Crippen molar-refractivity contribution in [3.05, 3.63) is 45.3 Å². The monoisotopic (exact) mass is 428 g/mol. The SMILES string of the molecule is CN(CCCn1ncn(-c2ccc(Br)cc2F)c1=O)C(=O)OC(C)(C)C. The normalized spacial score (nSPS) is 11.5. The van der Waals surface area contributed by atoms with E-state index in [-0.39, 0.29) is 5.69 Å². The third-order valence-electron chi connectivity index (χ3n) is 3.47. The number of rotatable bonds is 5. The summed E-state index contributed by atoms with van der Waals surface area (Å²) >= 11 is 3.18. The molecule has 0 aliphatic rings. The second kappa shape index (κ2) is 8.03. The number of ether oxygens (including phenoxy) is 1. The smallest absolute Gasteiger partial charge is 0.410 e. The summed E-state index contributed by atoms with van der Waals surface area (Å²) in [7, 11) is 1.63. The first kappa shape index (κ1) is 20.2. The zero-order valence-corrected chi connectivity index (χ0v) is 16.8. The Bertz CT molecular complexity index is 841. The fraction of sp³-hybridized carbons (Fsp3) is 0.471. The van der Waals surface area contributed by atoms with Crippen molar-refractivity contribution in [2.45, 2.75) is 39.3 Å². The van der Waals surface area contributed by atoms with Gasteiger partial charge in [0.1, 0.15) is 17.7 Å². The van der Waals surface area contributed by atoms with Gasteiger partial charge in [-0.05, 0) is 45.4 Å². The Balaban J connectivity index is 1.99. The van der Waals surface area contributed by atoms with Crippen LogP contribution in [0.4, 0.5) is 9.18 Å². The molecule has 0 atom stereocenters. The van der Waals surface area contributed by atoms with E-state index < -0.39 is 23.2 Å². The summed E-state index contributed by atoms with van der Waals surface area (Å²) < 4.78 is 22.3. The molecule has 0 fully saturated rings. The molecule has 1 amide bonds. The molecule has 26 heavy (non-hydrogen) atoms. The van der Waals surface area contributed by atoms with Gasteiger partial charge in [0.25, 0.3) is 0 Å². The number of amides is 1. The van der Waals surface area contributed by atoms with E-state index in [1.165, 1.54) is 28.0 Å². The van der Waals surface area contributed by atoms with E-state index in [2.05, 4.69) is 21.0 Å². The Labute approximate surface area is 159 Å². The first-order chi connectivity index (χ1) is 12.1. The summed E-state index contributed by atoms with van der Waals surface area (Å²) in [4.78, 5) is 25.7. The largest absolute Gasteiger partial charge is 0.444 e. The molecule has 0 bridgehead atoms. The first-order valence-corrected chi connectivity index (χ1v) is 8.92. The maximum atomic E-state index is 14.0. The molecule has 0 unspecified atom stereocenters. The average Bonchev–Trinajstić information content (AvgIpc) is 2.87. The Morgan fingerprint density at radius 1 is 1.38 bits per heavy atom. The molecule has 0 N–H and O–H groups in total. The van der Waals surface area contributed by atoms with E-state index in [1.807, 2.05) is 0 Å². The molecule has 7 nitrogen and oxygen atoms in total. The molecule has 0 radical (unpaired) electrons. The summed E-state index contributed by atoms with van der Waals surface area (Å²) in [6.45, 7) is 6.10. The fourth-order valence-corrected chi connectivity index (χ4v) is 2.55. The molecule has 0 spiro atoms. The van der Waals surface area contributed by atoms with Gasteiger partial charge in [-0.25, -0.2) is 23.2 Å². The van der Waals surface area contributed by atoms with Gasteiger partial charge in [0.2, 0.25) is 0 Å². The van der Waals surface area contributed by atoms with Crippen molar-refractivity contribution in [1.29, 1.82) is 0 Å². The molecule has 9 heteroatoms. The highest BCUT2D eigenvalue weighted by Gasteiger charge is 2.19. The molecule has 1 aromatic carbocycles.